The average Bonchev–Trinajstić information content (AvgIpc) is 2.82. The van der Waals surface area contributed by atoms with Gasteiger partial charge in [0.05, 0.1) is 6.54 Å². The van der Waals surface area contributed by atoms with Gasteiger partial charge in [-0.15, -0.1) is 0 Å². The zero-order valence-electron chi connectivity index (χ0n) is 12.5. The second-order valence-corrected chi connectivity index (χ2v) is 5.97. The van der Waals surface area contributed by atoms with Gasteiger partial charge in [-0.2, -0.15) is 13.2 Å². The Labute approximate surface area is 126 Å². The summed E-state index contributed by atoms with van der Waals surface area (Å²) in [4.78, 5) is 16.8. The summed E-state index contributed by atoms with van der Waals surface area (Å²) in [6.07, 6.45) is -5.33. The third-order valence-electron chi connectivity index (χ3n) is 2.91. The molecule has 22 heavy (non-hydrogen) atoms. The van der Waals surface area contributed by atoms with Crippen LogP contribution in [0.5, 0.6) is 0 Å². The first kappa shape index (κ1) is 16.3. The Kier molecular flexibility index (Phi) is 4.17. The molecule has 1 aliphatic heterocycles. The van der Waals surface area contributed by atoms with Crippen LogP contribution in [0.2, 0.25) is 0 Å². The van der Waals surface area contributed by atoms with Crippen molar-refractivity contribution in [3.8, 4) is 0 Å². The molecule has 0 spiro atoms. The van der Waals surface area contributed by atoms with Gasteiger partial charge in [-0.25, -0.2) is 4.79 Å². The fraction of sp³-hybridized carbons (Fsp3) is 0.467. The Bertz CT molecular complexity index is 577. The van der Waals surface area contributed by atoms with Gasteiger partial charge in [-0.05, 0) is 20.8 Å². The van der Waals surface area contributed by atoms with Crippen LogP contribution in [0, 0.1) is 0 Å². The number of amidine groups is 1. The summed E-state index contributed by atoms with van der Waals surface area (Å²) in [5.74, 6) is -0.0165. The maximum Gasteiger partial charge on any atom is 0.416 e. The Hall–Kier alpha value is -2.05. The third kappa shape index (κ3) is 3.78. The second-order valence-electron chi connectivity index (χ2n) is 5.97. The van der Waals surface area contributed by atoms with Gasteiger partial charge in [-0.3, -0.25) is 9.89 Å². The number of carbonyl (C=O) groups is 1. The summed E-state index contributed by atoms with van der Waals surface area (Å²) < 4.78 is 44.0. The molecule has 0 unspecified atom stereocenters. The molecule has 1 aliphatic rings. The van der Waals surface area contributed by atoms with Crippen molar-refractivity contribution in [2.45, 2.75) is 38.6 Å². The summed E-state index contributed by atoms with van der Waals surface area (Å²) in [7, 11) is 0. The van der Waals surface area contributed by atoms with Gasteiger partial charge in [0.15, 0.2) is 6.04 Å². The molecule has 120 valence electrons. The Balaban J connectivity index is 2.33. The molecular formula is C15H17F3N2O2. The first-order valence-electron chi connectivity index (χ1n) is 6.78. The van der Waals surface area contributed by atoms with Gasteiger partial charge in [0.2, 0.25) is 0 Å². The standard InChI is InChI=1S/C15H17F3N2O2/c1-14(2,3)22-13(21)20-9-11(15(16,17)18)19-12(20)10-7-5-4-6-8-10/h4-8,11H,9H2,1-3H3/t11-/m0/s1. The molecule has 1 aromatic carbocycles. The SMILES string of the molecule is CC(C)(C)OC(=O)N1C[C@@H](C(F)(F)F)N=C1c1ccccc1. The van der Waals surface area contributed by atoms with Crippen molar-refractivity contribution in [3.63, 3.8) is 0 Å². The summed E-state index contributed by atoms with van der Waals surface area (Å²) in [5, 5.41) is 0. The van der Waals surface area contributed by atoms with E-state index in [9.17, 15) is 18.0 Å². The molecule has 4 nitrogen and oxygen atoms in total. The van der Waals surface area contributed by atoms with Crippen molar-refractivity contribution in [3.05, 3.63) is 35.9 Å². The third-order valence-corrected chi connectivity index (χ3v) is 2.91. The Morgan fingerprint density at radius 1 is 1.23 bits per heavy atom. The minimum Gasteiger partial charge on any atom is -0.443 e. The number of ether oxygens (including phenoxy) is 1. The first-order chi connectivity index (χ1) is 10.1. The lowest BCUT2D eigenvalue weighted by Gasteiger charge is -2.25. The van der Waals surface area contributed by atoms with Crippen molar-refractivity contribution in [2.75, 3.05) is 6.54 Å². The van der Waals surface area contributed by atoms with Gasteiger partial charge in [0.1, 0.15) is 11.4 Å². The molecular weight excluding hydrogens is 297 g/mol. The number of benzene rings is 1. The van der Waals surface area contributed by atoms with Crippen molar-refractivity contribution in [2.24, 2.45) is 4.99 Å². The van der Waals surface area contributed by atoms with Crippen LogP contribution in [0.25, 0.3) is 0 Å². The number of aliphatic imine (C=N–C) groups is 1. The average molecular weight is 314 g/mol. The van der Waals surface area contributed by atoms with Crippen LogP contribution in [-0.2, 0) is 4.74 Å². The summed E-state index contributed by atoms with van der Waals surface area (Å²) in [6, 6.07) is 6.36. The fourth-order valence-electron chi connectivity index (χ4n) is 1.99. The number of alkyl halides is 3. The minimum absolute atomic E-state index is 0.0165. The molecule has 0 N–H and O–H groups in total. The highest BCUT2D eigenvalue weighted by Crippen LogP contribution is 2.30. The quantitative estimate of drug-likeness (QED) is 0.794. The molecule has 0 saturated heterocycles. The molecule has 1 atom stereocenters. The number of rotatable bonds is 1. The lowest BCUT2D eigenvalue weighted by molar-refractivity contribution is -0.145. The van der Waals surface area contributed by atoms with Gasteiger partial charge in [0, 0.05) is 5.56 Å². The van der Waals surface area contributed by atoms with Crippen LogP contribution in [0.15, 0.2) is 35.3 Å². The van der Waals surface area contributed by atoms with E-state index in [-0.39, 0.29) is 5.84 Å². The zero-order chi connectivity index (χ0) is 16.5. The predicted molar refractivity (Wildman–Crippen MR) is 75.8 cm³/mol. The van der Waals surface area contributed by atoms with E-state index in [0.29, 0.717) is 5.56 Å². The highest BCUT2D eigenvalue weighted by Gasteiger charge is 2.47. The summed E-state index contributed by atoms with van der Waals surface area (Å²) >= 11 is 0. The zero-order valence-corrected chi connectivity index (χ0v) is 12.5. The van der Waals surface area contributed by atoms with Gasteiger partial charge >= 0.3 is 12.3 Å². The molecule has 7 heteroatoms. The minimum atomic E-state index is -4.50. The van der Waals surface area contributed by atoms with Crippen molar-refractivity contribution in [1.29, 1.82) is 0 Å². The number of nitrogens with zero attached hydrogens (tertiary/aromatic N) is 2. The van der Waals surface area contributed by atoms with Crippen molar-refractivity contribution >= 4 is 11.9 Å². The molecule has 1 amide bonds. The normalized spacial score (nSPS) is 19.1. The summed E-state index contributed by atoms with van der Waals surface area (Å²) in [5.41, 5.74) is -0.352. The molecule has 2 rings (SSSR count). The van der Waals surface area contributed by atoms with E-state index >= 15 is 0 Å². The van der Waals surface area contributed by atoms with Crippen LogP contribution in [0.3, 0.4) is 0 Å². The van der Waals surface area contributed by atoms with Gasteiger partial charge in [-0.1, -0.05) is 30.3 Å². The molecule has 1 aromatic rings. The largest absolute Gasteiger partial charge is 0.443 e. The van der Waals surface area contributed by atoms with Gasteiger partial charge in [0.25, 0.3) is 0 Å². The predicted octanol–water partition coefficient (Wildman–Crippen LogP) is 3.61. The van der Waals surface area contributed by atoms with Gasteiger partial charge < -0.3 is 4.74 Å². The van der Waals surface area contributed by atoms with Crippen LogP contribution in [0.4, 0.5) is 18.0 Å². The van der Waals surface area contributed by atoms with E-state index in [0.717, 1.165) is 4.90 Å². The number of halogens is 3. The van der Waals surface area contributed by atoms with E-state index in [4.69, 9.17) is 4.74 Å². The van der Waals surface area contributed by atoms with Crippen molar-refractivity contribution < 1.29 is 22.7 Å². The monoisotopic (exact) mass is 314 g/mol. The molecule has 0 aromatic heterocycles. The number of amides is 1. The van der Waals surface area contributed by atoms with E-state index < -0.39 is 30.5 Å². The highest BCUT2D eigenvalue weighted by molar-refractivity contribution is 6.07. The highest BCUT2D eigenvalue weighted by atomic mass is 19.4. The molecule has 1 heterocycles. The van der Waals surface area contributed by atoms with E-state index in [1.165, 1.54) is 0 Å². The smallest absolute Gasteiger partial charge is 0.416 e. The number of hydrogen-bond donors (Lipinski definition) is 0. The molecule has 0 aliphatic carbocycles. The fourth-order valence-corrected chi connectivity index (χ4v) is 1.99. The Morgan fingerprint density at radius 3 is 2.32 bits per heavy atom. The number of hydrogen-bond acceptors (Lipinski definition) is 3. The molecule has 0 bridgehead atoms. The topological polar surface area (TPSA) is 41.9 Å². The van der Waals surface area contributed by atoms with E-state index in [1.807, 2.05) is 0 Å². The van der Waals surface area contributed by atoms with Crippen LogP contribution < -0.4 is 0 Å². The second kappa shape index (κ2) is 5.62. The molecule has 0 radical (unpaired) electrons. The van der Waals surface area contributed by atoms with Crippen LogP contribution >= 0.6 is 0 Å². The first-order valence-corrected chi connectivity index (χ1v) is 6.78. The van der Waals surface area contributed by atoms with Crippen LogP contribution in [0.1, 0.15) is 26.3 Å². The Morgan fingerprint density at radius 2 is 1.82 bits per heavy atom. The molecule has 0 saturated carbocycles. The number of carbonyl (C=O) groups excluding carboxylic acids is 1. The maximum absolute atomic E-state index is 12.9. The van der Waals surface area contributed by atoms with E-state index in [2.05, 4.69) is 4.99 Å². The lowest BCUT2D eigenvalue weighted by Crippen LogP contribution is -2.42. The lowest BCUT2D eigenvalue weighted by atomic mass is 10.2. The molecule has 0 fully saturated rings. The van der Waals surface area contributed by atoms with Crippen LogP contribution in [-0.4, -0.2) is 41.2 Å². The van der Waals surface area contributed by atoms with Crippen molar-refractivity contribution in [1.82, 2.24) is 4.90 Å². The summed E-state index contributed by atoms with van der Waals surface area (Å²) in [6.45, 7) is 4.40. The van der Waals surface area contributed by atoms with E-state index in [1.54, 1.807) is 51.1 Å². The maximum atomic E-state index is 12.9.